The average Bonchev–Trinajstić information content (AvgIpc) is 2.87. The van der Waals surface area contributed by atoms with Gasteiger partial charge in [0, 0.05) is 47.9 Å². The first-order valence-electron chi connectivity index (χ1n) is 9.80. The van der Waals surface area contributed by atoms with Crippen LogP contribution in [0.1, 0.15) is 55.5 Å². The van der Waals surface area contributed by atoms with Gasteiger partial charge in [-0.1, -0.05) is 11.6 Å². The van der Waals surface area contributed by atoms with Gasteiger partial charge in [-0.2, -0.15) is 0 Å². The van der Waals surface area contributed by atoms with Gasteiger partial charge in [-0.25, -0.2) is 4.79 Å². The predicted octanol–water partition coefficient (Wildman–Crippen LogP) is 3.40. The molecule has 0 spiro atoms. The van der Waals surface area contributed by atoms with Gasteiger partial charge in [0.1, 0.15) is 28.8 Å². The molecular formula is C21H24ClNO4. The smallest absolute Gasteiger partial charge is 0.342 e. The Kier molecular flexibility index (Phi) is 3.86. The van der Waals surface area contributed by atoms with Crippen LogP contribution in [0.2, 0.25) is 5.02 Å². The first kappa shape index (κ1) is 17.5. The van der Waals surface area contributed by atoms with E-state index in [2.05, 4.69) is 4.90 Å². The zero-order chi connectivity index (χ0) is 18.9. The fourth-order valence-electron chi connectivity index (χ4n) is 5.45. The van der Waals surface area contributed by atoms with E-state index in [1.807, 2.05) is 19.9 Å². The maximum atomic E-state index is 12.9. The van der Waals surface area contributed by atoms with E-state index in [4.69, 9.17) is 21.1 Å². The second-order valence-corrected chi connectivity index (χ2v) is 9.53. The summed E-state index contributed by atoms with van der Waals surface area (Å²) in [6.45, 7) is 4.58. The minimum atomic E-state index is -0.354. The second-order valence-electron chi connectivity index (χ2n) is 9.09. The fourth-order valence-corrected chi connectivity index (χ4v) is 5.69. The molecule has 5 nitrogen and oxygen atoms in total. The number of hydrogen-bond donors (Lipinski definition) is 0. The molecule has 3 unspecified atom stereocenters. The SMILES string of the molecule is CC1(C)Cc2cc(Cl)cc(C(=O)OC3CC4C[C@@H]5C[C@H](C3)N4CC5=O)c2O1. The number of fused-ring (bicyclic) bond motifs is 2. The first-order chi connectivity index (χ1) is 12.8. The summed E-state index contributed by atoms with van der Waals surface area (Å²) < 4.78 is 11.9. The normalized spacial score (nSPS) is 35.5. The molecule has 6 rings (SSSR count). The van der Waals surface area contributed by atoms with Crippen LogP contribution in [0.15, 0.2) is 12.1 Å². The maximum absolute atomic E-state index is 12.9. The van der Waals surface area contributed by atoms with Crippen molar-refractivity contribution in [1.82, 2.24) is 4.90 Å². The molecule has 4 bridgehead atoms. The van der Waals surface area contributed by atoms with E-state index in [1.54, 1.807) is 6.07 Å². The number of ether oxygens (including phenoxy) is 2. The summed E-state index contributed by atoms with van der Waals surface area (Å²) in [5.41, 5.74) is 1.04. The molecule has 5 aliphatic heterocycles. The third-order valence-electron chi connectivity index (χ3n) is 6.53. The molecule has 0 amide bonds. The monoisotopic (exact) mass is 389 g/mol. The Morgan fingerprint density at radius 3 is 2.59 bits per heavy atom. The summed E-state index contributed by atoms with van der Waals surface area (Å²) in [5.74, 6) is 0.854. The number of nitrogens with zero attached hydrogens (tertiary/aromatic N) is 1. The standard InChI is InChI=1S/C21H24ClNO4/c1-21(2)9-12-3-13(22)6-17(19(12)27-21)20(25)26-16-7-14-4-11-5-15(8-16)23(14)10-18(11)24/h3,6,11,14-16H,4-5,7-10H2,1-2H3/t11-,14+,15?,16?/m0/s1. The van der Waals surface area contributed by atoms with Crippen LogP contribution in [0, 0.1) is 5.92 Å². The lowest BCUT2D eigenvalue weighted by Crippen LogP contribution is -2.63. The summed E-state index contributed by atoms with van der Waals surface area (Å²) >= 11 is 6.24. The second kappa shape index (κ2) is 5.95. The molecule has 0 N–H and O–H groups in total. The number of carbonyl (C=O) groups is 2. The average molecular weight is 390 g/mol. The zero-order valence-corrected chi connectivity index (χ0v) is 16.4. The van der Waals surface area contributed by atoms with E-state index in [0.29, 0.717) is 40.7 Å². The molecule has 144 valence electrons. The summed E-state index contributed by atoms with van der Waals surface area (Å²) in [6.07, 6.45) is 4.05. The van der Waals surface area contributed by atoms with E-state index >= 15 is 0 Å². The highest BCUT2D eigenvalue weighted by molar-refractivity contribution is 6.31. The van der Waals surface area contributed by atoms with Crippen LogP contribution in [-0.4, -0.2) is 47.0 Å². The van der Waals surface area contributed by atoms with Crippen molar-refractivity contribution in [1.29, 1.82) is 0 Å². The molecule has 1 aromatic rings. The van der Waals surface area contributed by atoms with Crippen LogP contribution in [0.5, 0.6) is 5.75 Å². The lowest BCUT2D eigenvalue weighted by molar-refractivity contribution is -0.145. The fraction of sp³-hybridized carbons (Fsp3) is 0.619. The third-order valence-corrected chi connectivity index (χ3v) is 6.75. The van der Waals surface area contributed by atoms with E-state index in [9.17, 15) is 9.59 Å². The van der Waals surface area contributed by atoms with Crippen molar-refractivity contribution < 1.29 is 19.1 Å². The Labute approximate surface area is 163 Å². The number of esters is 1. The maximum Gasteiger partial charge on any atom is 0.342 e. The van der Waals surface area contributed by atoms with Gasteiger partial charge in [-0.15, -0.1) is 0 Å². The lowest BCUT2D eigenvalue weighted by atomic mass is 9.72. The number of piperidine rings is 4. The Morgan fingerprint density at radius 2 is 1.93 bits per heavy atom. The van der Waals surface area contributed by atoms with Gasteiger partial charge >= 0.3 is 5.97 Å². The Bertz CT molecular complexity index is 820. The van der Waals surface area contributed by atoms with Crippen LogP contribution in [0.4, 0.5) is 0 Å². The van der Waals surface area contributed by atoms with E-state index in [-0.39, 0.29) is 23.6 Å². The molecule has 1 aromatic carbocycles. The Balaban J connectivity index is 1.34. The van der Waals surface area contributed by atoms with Crippen LogP contribution >= 0.6 is 11.6 Å². The van der Waals surface area contributed by atoms with Crippen LogP contribution < -0.4 is 4.74 Å². The van der Waals surface area contributed by atoms with Crippen molar-refractivity contribution in [3.05, 3.63) is 28.3 Å². The largest absolute Gasteiger partial charge is 0.486 e. The van der Waals surface area contributed by atoms with Gasteiger partial charge in [-0.3, -0.25) is 9.69 Å². The minimum Gasteiger partial charge on any atom is -0.486 e. The van der Waals surface area contributed by atoms with Crippen molar-refractivity contribution in [2.24, 2.45) is 5.92 Å². The molecule has 0 aromatic heterocycles. The highest BCUT2D eigenvalue weighted by Gasteiger charge is 2.49. The van der Waals surface area contributed by atoms with Gasteiger partial charge in [0.15, 0.2) is 0 Å². The molecular weight excluding hydrogens is 366 g/mol. The van der Waals surface area contributed by atoms with Crippen LogP contribution in [-0.2, 0) is 16.0 Å². The van der Waals surface area contributed by atoms with E-state index in [1.165, 1.54) is 0 Å². The molecule has 27 heavy (non-hydrogen) atoms. The lowest BCUT2D eigenvalue weighted by Gasteiger charge is -2.54. The third kappa shape index (κ3) is 2.95. The summed E-state index contributed by atoms with van der Waals surface area (Å²) in [7, 11) is 0. The topological polar surface area (TPSA) is 55.8 Å². The number of Topliss-reactive ketones (excluding diaryl/α,β-unsaturated/α-hetero) is 1. The predicted molar refractivity (Wildman–Crippen MR) is 100 cm³/mol. The molecule has 0 aliphatic carbocycles. The molecule has 4 saturated heterocycles. The van der Waals surface area contributed by atoms with Gasteiger partial charge in [0.2, 0.25) is 0 Å². The van der Waals surface area contributed by atoms with Crippen molar-refractivity contribution >= 4 is 23.4 Å². The summed E-state index contributed by atoms with van der Waals surface area (Å²) in [6, 6.07) is 4.24. The number of carbonyl (C=O) groups excluding carboxylic acids is 2. The number of hydrogen-bond acceptors (Lipinski definition) is 5. The molecule has 5 heterocycles. The van der Waals surface area contributed by atoms with Gasteiger partial charge in [-0.05, 0) is 38.8 Å². The van der Waals surface area contributed by atoms with Gasteiger partial charge in [0.25, 0.3) is 0 Å². The van der Waals surface area contributed by atoms with E-state index < -0.39 is 0 Å². The van der Waals surface area contributed by atoms with Gasteiger partial charge < -0.3 is 9.47 Å². The Hall–Kier alpha value is -1.59. The highest BCUT2D eigenvalue weighted by atomic mass is 35.5. The van der Waals surface area contributed by atoms with Crippen LogP contribution in [0.3, 0.4) is 0 Å². The molecule has 5 aliphatic rings. The molecule has 4 fully saturated rings. The number of halogens is 1. The number of ketones is 1. The van der Waals surface area contributed by atoms with Crippen molar-refractivity contribution in [2.45, 2.75) is 69.7 Å². The molecule has 0 radical (unpaired) electrons. The van der Waals surface area contributed by atoms with Crippen molar-refractivity contribution in [3.8, 4) is 5.75 Å². The van der Waals surface area contributed by atoms with Crippen LogP contribution in [0.25, 0.3) is 0 Å². The minimum absolute atomic E-state index is 0.109. The van der Waals surface area contributed by atoms with Crippen molar-refractivity contribution in [2.75, 3.05) is 6.54 Å². The molecule has 6 heteroatoms. The number of benzene rings is 1. The molecule has 5 atom stereocenters. The zero-order valence-electron chi connectivity index (χ0n) is 15.7. The Morgan fingerprint density at radius 1 is 1.22 bits per heavy atom. The first-order valence-corrected chi connectivity index (χ1v) is 10.2. The summed E-state index contributed by atoms with van der Waals surface area (Å²) in [4.78, 5) is 27.2. The van der Waals surface area contributed by atoms with Gasteiger partial charge in [0.05, 0.1) is 6.54 Å². The highest BCUT2D eigenvalue weighted by Crippen LogP contribution is 2.43. The van der Waals surface area contributed by atoms with Crippen molar-refractivity contribution in [3.63, 3.8) is 0 Å². The summed E-state index contributed by atoms with van der Waals surface area (Å²) in [5, 5.41) is 0.532. The molecule has 0 saturated carbocycles. The van der Waals surface area contributed by atoms with E-state index in [0.717, 1.165) is 37.7 Å². The number of rotatable bonds is 2. The quantitative estimate of drug-likeness (QED) is 0.725.